The summed E-state index contributed by atoms with van der Waals surface area (Å²) in [4.78, 5) is 15.2. The molecular formula is C12H15NO4. The highest BCUT2D eigenvalue weighted by Gasteiger charge is 2.04. The second-order valence-corrected chi connectivity index (χ2v) is 3.04. The van der Waals surface area contributed by atoms with Gasteiger partial charge in [-0.05, 0) is 19.1 Å². The SMILES string of the molecule is CCOC(=O)C=Cc1ccc(OC)nc1OC. The van der Waals surface area contributed by atoms with Crippen molar-refractivity contribution in [2.45, 2.75) is 6.92 Å². The van der Waals surface area contributed by atoms with Crippen molar-refractivity contribution in [2.75, 3.05) is 20.8 Å². The lowest BCUT2D eigenvalue weighted by atomic mass is 10.2. The topological polar surface area (TPSA) is 57.7 Å². The predicted octanol–water partition coefficient (Wildman–Crippen LogP) is 1.68. The fourth-order valence-corrected chi connectivity index (χ4v) is 1.19. The molecule has 5 heteroatoms. The Morgan fingerprint density at radius 3 is 2.71 bits per heavy atom. The molecule has 0 amide bonds. The smallest absolute Gasteiger partial charge is 0.330 e. The maximum absolute atomic E-state index is 11.1. The molecule has 0 unspecified atom stereocenters. The molecular weight excluding hydrogens is 222 g/mol. The van der Waals surface area contributed by atoms with Gasteiger partial charge in [-0.1, -0.05) is 0 Å². The summed E-state index contributed by atoms with van der Waals surface area (Å²) in [6, 6.07) is 3.44. The molecule has 0 spiro atoms. The summed E-state index contributed by atoms with van der Waals surface area (Å²) in [5.74, 6) is 0.449. The van der Waals surface area contributed by atoms with Crippen LogP contribution in [-0.4, -0.2) is 31.8 Å². The Kier molecular flexibility index (Phi) is 5.00. The number of hydrogen-bond donors (Lipinski definition) is 0. The van der Waals surface area contributed by atoms with E-state index < -0.39 is 5.97 Å². The average molecular weight is 237 g/mol. The van der Waals surface area contributed by atoms with E-state index in [1.807, 2.05) is 0 Å². The van der Waals surface area contributed by atoms with Crippen LogP contribution in [0.1, 0.15) is 12.5 Å². The first-order valence-corrected chi connectivity index (χ1v) is 5.15. The van der Waals surface area contributed by atoms with Crippen LogP contribution in [0.2, 0.25) is 0 Å². The van der Waals surface area contributed by atoms with Crippen molar-refractivity contribution in [3.8, 4) is 11.8 Å². The standard InChI is InChI=1S/C12H15NO4/c1-4-17-11(14)8-6-9-5-7-10(15-2)13-12(9)16-3/h5-8H,4H2,1-3H3. The monoisotopic (exact) mass is 237 g/mol. The molecule has 0 aliphatic carbocycles. The Hall–Kier alpha value is -2.04. The van der Waals surface area contributed by atoms with Gasteiger partial charge in [0.2, 0.25) is 11.8 Å². The van der Waals surface area contributed by atoms with Crippen LogP contribution < -0.4 is 9.47 Å². The van der Waals surface area contributed by atoms with Crippen LogP contribution in [0.3, 0.4) is 0 Å². The third kappa shape index (κ3) is 3.79. The lowest BCUT2D eigenvalue weighted by Crippen LogP contribution is -1.99. The Labute approximate surface area is 100 Å². The van der Waals surface area contributed by atoms with Crippen molar-refractivity contribution >= 4 is 12.0 Å². The Morgan fingerprint density at radius 2 is 2.12 bits per heavy atom. The number of aromatic nitrogens is 1. The molecule has 0 radical (unpaired) electrons. The van der Waals surface area contributed by atoms with Crippen LogP contribution in [0, 0.1) is 0 Å². The van der Waals surface area contributed by atoms with Crippen molar-refractivity contribution < 1.29 is 19.0 Å². The Balaban J connectivity index is 2.87. The van der Waals surface area contributed by atoms with Gasteiger partial charge in [0.15, 0.2) is 0 Å². The normalized spacial score (nSPS) is 10.3. The number of pyridine rings is 1. The molecule has 1 aromatic heterocycles. The van der Waals surface area contributed by atoms with Gasteiger partial charge in [0.25, 0.3) is 0 Å². The number of carbonyl (C=O) groups excluding carboxylic acids is 1. The van der Waals surface area contributed by atoms with E-state index in [4.69, 9.17) is 14.2 Å². The summed E-state index contributed by atoms with van der Waals surface area (Å²) in [7, 11) is 3.03. The van der Waals surface area contributed by atoms with Gasteiger partial charge in [-0.15, -0.1) is 0 Å². The molecule has 1 heterocycles. The molecule has 17 heavy (non-hydrogen) atoms. The fourth-order valence-electron chi connectivity index (χ4n) is 1.19. The summed E-state index contributed by atoms with van der Waals surface area (Å²) in [5.41, 5.74) is 0.682. The van der Waals surface area contributed by atoms with Crippen molar-refractivity contribution in [2.24, 2.45) is 0 Å². The highest BCUT2D eigenvalue weighted by atomic mass is 16.5. The summed E-state index contributed by atoms with van der Waals surface area (Å²) < 4.78 is 14.8. The highest BCUT2D eigenvalue weighted by molar-refractivity contribution is 5.87. The van der Waals surface area contributed by atoms with E-state index >= 15 is 0 Å². The first-order chi connectivity index (χ1) is 8.21. The molecule has 0 N–H and O–H groups in total. The van der Waals surface area contributed by atoms with E-state index in [9.17, 15) is 4.79 Å². The number of esters is 1. The van der Waals surface area contributed by atoms with E-state index in [0.717, 1.165) is 0 Å². The zero-order chi connectivity index (χ0) is 12.7. The maximum Gasteiger partial charge on any atom is 0.330 e. The van der Waals surface area contributed by atoms with Crippen molar-refractivity contribution in [3.05, 3.63) is 23.8 Å². The zero-order valence-corrected chi connectivity index (χ0v) is 10.1. The molecule has 0 saturated carbocycles. The third-order valence-corrected chi connectivity index (χ3v) is 1.95. The van der Waals surface area contributed by atoms with Gasteiger partial charge in [-0.3, -0.25) is 0 Å². The number of methoxy groups -OCH3 is 2. The van der Waals surface area contributed by atoms with Crippen molar-refractivity contribution in [1.29, 1.82) is 0 Å². The second kappa shape index (κ2) is 6.52. The Morgan fingerprint density at radius 1 is 1.35 bits per heavy atom. The van der Waals surface area contributed by atoms with Crippen molar-refractivity contribution in [1.82, 2.24) is 4.98 Å². The van der Waals surface area contributed by atoms with Gasteiger partial charge in [-0.25, -0.2) is 4.79 Å². The van der Waals surface area contributed by atoms with E-state index in [1.54, 1.807) is 25.1 Å². The number of hydrogen-bond acceptors (Lipinski definition) is 5. The van der Waals surface area contributed by atoms with Crippen molar-refractivity contribution in [3.63, 3.8) is 0 Å². The molecule has 0 atom stereocenters. The van der Waals surface area contributed by atoms with Crippen LogP contribution in [0.25, 0.3) is 6.08 Å². The first-order valence-electron chi connectivity index (χ1n) is 5.15. The number of carbonyl (C=O) groups is 1. The molecule has 92 valence electrons. The van der Waals surface area contributed by atoms with E-state index in [1.165, 1.54) is 20.3 Å². The predicted molar refractivity (Wildman–Crippen MR) is 63.0 cm³/mol. The van der Waals surface area contributed by atoms with Crippen LogP contribution in [0.15, 0.2) is 18.2 Å². The van der Waals surface area contributed by atoms with E-state index in [0.29, 0.717) is 23.9 Å². The molecule has 0 aliphatic rings. The summed E-state index contributed by atoms with van der Waals surface area (Å²) >= 11 is 0. The molecule has 1 rings (SSSR count). The van der Waals surface area contributed by atoms with E-state index in [2.05, 4.69) is 4.98 Å². The average Bonchev–Trinajstić information content (AvgIpc) is 2.36. The highest BCUT2D eigenvalue weighted by Crippen LogP contribution is 2.20. The van der Waals surface area contributed by atoms with Crippen LogP contribution in [0.5, 0.6) is 11.8 Å². The quantitative estimate of drug-likeness (QED) is 0.576. The van der Waals surface area contributed by atoms with Gasteiger partial charge in [0, 0.05) is 17.7 Å². The fraction of sp³-hybridized carbons (Fsp3) is 0.333. The minimum atomic E-state index is -0.398. The lowest BCUT2D eigenvalue weighted by molar-refractivity contribution is -0.137. The summed E-state index contributed by atoms with van der Waals surface area (Å²) in [6.07, 6.45) is 2.92. The van der Waals surface area contributed by atoms with E-state index in [-0.39, 0.29) is 0 Å². The lowest BCUT2D eigenvalue weighted by Gasteiger charge is -2.05. The van der Waals surface area contributed by atoms with Gasteiger partial charge >= 0.3 is 5.97 Å². The largest absolute Gasteiger partial charge is 0.481 e. The summed E-state index contributed by atoms with van der Waals surface area (Å²) in [6.45, 7) is 2.10. The van der Waals surface area contributed by atoms with Gasteiger partial charge in [-0.2, -0.15) is 4.98 Å². The van der Waals surface area contributed by atoms with Crippen LogP contribution in [-0.2, 0) is 9.53 Å². The minimum absolute atomic E-state index is 0.348. The first kappa shape index (κ1) is 13.0. The maximum atomic E-state index is 11.1. The zero-order valence-electron chi connectivity index (χ0n) is 10.1. The summed E-state index contributed by atoms with van der Waals surface area (Å²) in [5, 5.41) is 0. The molecule has 0 aromatic carbocycles. The second-order valence-electron chi connectivity index (χ2n) is 3.04. The molecule has 0 fully saturated rings. The van der Waals surface area contributed by atoms with Crippen LogP contribution in [0.4, 0.5) is 0 Å². The molecule has 0 saturated heterocycles. The molecule has 5 nitrogen and oxygen atoms in total. The minimum Gasteiger partial charge on any atom is -0.481 e. The molecule has 0 bridgehead atoms. The Bertz CT molecular complexity index is 415. The number of ether oxygens (including phenoxy) is 3. The number of rotatable bonds is 5. The van der Waals surface area contributed by atoms with Gasteiger partial charge in [0.1, 0.15) is 0 Å². The molecule has 0 aliphatic heterocycles. The third-order valence-electron chi connectivity index (χ3n) is 1.95. The van der Waals surface area contributed by atoms with Crippen LogP contribution >= 0.6 is 0 Å². The molecule has 1 aromatic rings. The van der Waals surface area contributed by atoms with Gasteiger partial charge in [0.05, 0.1) is 20.8 Å². The number of nitrogens with zero attached hydrogens (tertiary/aromatic N) is 1. The van der Waals surface area contributed by atoms with Gasteiger partial charge < -0.3 is 14.2 Å².